The Bertz CT molecular complexity index is 517. The lowest BCUT2D eigenvalue weighted by Gasteiger charge is -2.07. The van der Waals surface area contributed by atoms with Gasteiger partial charge in [0.1, 0.15) is 5.78 Å². The molecule has 0 heterocycles. The van der Waals surface area contributed by atoms with E-state index >= 15 is 0 Å². The summed E-state index contributed by atoms with van der Waals surface area (Å²) in [5.74, 6) is 0.171. The first-order valence-electron chi connectivity index (χ1n) is 6.42. The number of ketones is 1. The van der Waals surface area contributed by atoms with Crippen LogP contribution in [0.25, 0.3) is 0 Å². The fraction of sp³-hybridized carbons (Fsp3) is 0.176. The van der Waals surface area contributed by atoms with Crippen molar-refractivity contribution in [3.05, 3.63) is 71.8 Å². The normalized spacial score (nSPS) is 9.95. The van der Waals surface area contributed by atoms with Crippen molar-refractivity contribution >= 4 is 11.5 Å². The van der Waals surface area contributed by atoms with E-state index in [9.17, 15) is 4.79 Å². The van der Waals surface area contributed by atoms with E-state index in [1.165, 1.54) is 0 Å². The van der Waals surface area contributed by atoms with E-state index in [0.29, 0.717) is 13.0 Å². The third-order valence-corrected chi connectivity index (χ3v) is 2.83. The molecule has 0 aromatic heterocycles. The van der Waals surface area contributed by atoms with Crippen molar-refractivity contribution in [2.24, 2.45) is 4.99 Å². The molecular weight excluding hydrogens is 234 g/mol. The zero-order chi connectivity index (χ0) is 13.5. The molecule has 2 nitrogen and oxygen atoms in total. The van der Waals surface area contributed by atoms with Crippen LogP contribution in [-0.2, 0) is 4.79 Å². The maximum atomic E-state index is 11.0. The third kappa shape index (κ3) is 3.88. The van der Waals surface area contributed by atoms with Gasteiger partial charge in [-0.05, 0) is 6.92 Å². The second-order valence-corrected chi connectivity index (χ2v) is 4.41. The molecule has 19 heavy (non-hydrogen) atoms. The molecule has 96 valence electrons. The van der Waals surface area contributed by atoms with Crippen LogP contribution in [0.2, 0.25) is 0 Å². The molecule has 2 heteroatoms. The molecule has 0 atom stereocenters. The van der Waals surface area contributed by atoms with E-state index < -0.39 is 0 Å². The summed E-state index contributed by atoms with van der Waals surface area (Å²) < 4.78 is 0. The van der Waals surface area contributed by atoms with E-state index in [2.05, 4.69) is 4.99 Å². The maximum Gasteiger partial charge on any atom is 0.131 e. The summed E-state index contributed by atoms with van der Waals surface area (Å²) in [4.78, 5) is 15.6. The van der Waals surface area contributed by atoms with Gasteiger partial charge in [-0.1, -0.05) is 60.7 Å². The van der Waals surface area contributed by atoms with E-state index in [0.717, 1.165) is 16.8 Å². The molecule has 2 aromatic carbocycles. The first kappa shape index (κ1) is 13.2. The molecule has 0 fully saturated rings. The largest absolute Gasteiger partial charge is 0.300 e. The van der Waals surface area contributed by atoms with Gasteiger partial charge in [0, 0.05) is 24.1 Å². The SMILES string of the molecule is CC(=O)CCN=C(c1ccccc1)c1ccccc1. The molecular formula is C17H17NO. The first-order valence-corrected chi connectivity index (χ1v) is 6.42. The Morgan fingerprint density at radius 1 is 0.895 bits per heavy atom. The Labute approximate surface area is 113 Å². The van der Waals surface area contributed by atoms with Crippen molar-refractivity contribution < 1.29 is 4.79 Å². The van der Waals surface area contributed by atoms with Crippen LogP contribution in [0.5, 0.6) is 0 Å². The molecule has 0 aliphatic rings. The quantitative estimate of drug-likeness (QED) is 0.748. The fourth-order valence-corrected chi connectivity index (χ4v) is 1.87. The van der Waals surface area contributed by atoms with Crippen LogP contribution in [0.1, 0.15) is 24.5 Å². The lowest BCUT2D eigenvalue weighted by atomic mass is 10.0. The van der Waals surface area contributed by atoms with Crippen molar-refractivity contribution in [1.82, 2.24) is 0 Å². The van der Waals surface area contributed by atoms with Gasteiger partial charge < -0.3 is 0 Å². The van der Waals surface area contributed by atoms with Crippen molar-refractivity contribution in [3.8, 4) is 0 Å². The number of hydrogen-bond donors (Lipinski definition) is 0. The van der Waals surface area contributed by atoms with Crippen LogP contribution >= 0.6 is 0 Å². The highest BCUT2D eigenvalue weighted by molar-refractivity contribution is 6.12. The van der Waals surface area contributed by atoms with Crippen LogP contribution in [0.3, 0.4) is 0 Å². The van der Waals surface area contributed by atoms with Crippen LogP contribution in [0.15, 0.2) is 65.7 Å². The molecule has 0 saturated carbocycles. The second-order valence-electron chi connectivity index (χ2n) is 4.41. The molecule has 0 radical (unpaired) electrons. The predicted molar refractivity (Wildman–Crippen MR) is 78.7 cm³/mol. The Hall–Kier alpha value is -2.22. The average molecular weight is 251 g/mol. The second kappa shape index (κ2) is 6.64. The van der Waals surface area contributed by atoms with Gasteiger partial charge in [-0.2, -0.15) is 0 Å². The summed E-state index contributed by atoms with van der Waals surface area (Å²) in [6.07, 6.45) is 0.489. The number of carbonyl (C=O) groups excluding carboxylic acids is 1. The Morgan fingerprint density at radius 2 is 1.37 bits per heavy atom. The topological polar surface area (TPSA) is 29.4 Å². The summed E-state index contributed by atoms with van der Waals surface area (Å²) in [7, 11) is 0. The highest BCUT2D eigenvalue weighted by Crippen LogP contribution is 2.11. The minimum Gasteiger partial charge on any atom is -0.300 e. The molecule has 0 N–H and O–H groups in total. The van der Waals surface area contributed by atoms with E-state index in [1.54, 1.807) is 6.92 Å². The van der Waals surface area contributed by atoms with Gasteiger partial charge in [-0.3, -0.25) is 9.79 Å². The maximum absolute atomic E-state index is 11.0. The Kier molecular flexibility index (Phi) is 4.62. The van der Waals surface area contributed by atoms with E-state index in [1.807, 2.05) is 60.7 Å². The van der Waals surface area contributed by atoms with Gasteiger partial charge >= 0.3 is 0 Å². The molecule has 0 spiro atoms. The van der Waals surface area contributed by atoms with Crippen LogP contribution in [0, 0.1) is 0 Å². The van der Waals surface area contributed by atoms with E-state index in [-0.39, 0.29) is 5.78 Å². The molecule has 0 unspecified atom stereocenters. The summed E-state index contributed by atoms with van der Waals surface area (Å²) in [5.41, 5.74) is 3.11. The monoisotopic (exact) mass is 251 g/mol. The smallest absolute Gasteiger partial charge is 0.131 e. The highest BCUT2D eigenvalue weighted by Gasteiger charge is 2.05. The van der Waals surface area contributed by atoms with E-state index in [4.69, 9.17) is 0 Å². The van der Waals surface area contributed by atoms with Crippen molar-refractivity contribution in [2.75, 3.05) is 6.54 Å². The Balaban J connectivity index is 2.31. The number of nitrogens with zero attached hydrogens (tertiary/aromatic N) is 1. The number of carbonyl (C=O) groups is 1. The number of Topliss-reactive ketones (excluding diaryl/α,β-unsaturated/α-hetero) is 1. The summed E-state index contributed by atoms with van der Waals surface area (Å²) in [6, 6.07) is 20.1. The number of benzene rings is 2. The summed E-state index contributed by atoms with van der Waals surface area (Å²) in [5, 5.41) is 0. The van der Waals surface area contributed by atoms with Crippen molar-refractivity contribution in [2.45, 2.75) is 13.3 Å². The average Bonchev–Trinajstić information content (AvgIpc) is 2.45. The fourth-order valence-electron chi connectivity index (χ4n) is 1.87. The van der Waals surface area contributed by atoms with Crippen LogP contribution in [-0.4, -0.2) is 18.0 Å². The molecule has 0 saturated heterocycles. The molecule has 2 aromatic rings. The minimum atomic E-state index is 0.171. The van der Waals surface area contributed by atoms with Gasteiger partial charge in [-0.15, -0.1) is 0 Å². The first-order chi connectivity index (χ1) is 9.27. The van der Waals surface area contributed by atoms with Gasteiger partial charge in [0.25, 0.3) is 0 Å². The highest BCUT2D eigenvalue weighted by atomic mass is 16.1. The molecule has 0 amide bonds. The van der Waals surface area contributed by atoms with Gasteiger partial charge in [-0.25, -0.2) is 0 Å². The lowest BCUT2D eigenvalue weighted by molar-refractivity contribution is -0.116. The molecule has 0 bridgehead atoms. The number of hydrogen-bond acceptors (Lipinski definition) is 2. The van der Waals surface area contributed by atoms with Crippen molar-refractivity contribution in [1.29, 1.82) is 0 Å². The number of rotatable bonds is 5. The number of aliphatic imine (C=N–C) groups is 1. The molecule has 2 rings (SSSR count). The molecule has 0 aliphatic heterocycles. The molecule has 0 aliphatic carbocycles. The van der Waals surface area contributed by atoms with Crippen LogP contribution in [0.4, 0.5) is 0 Å². The predicted octanol–water partition coefficient (Wildman–Crippen LogP) is 3.50. The van der Waals surface area contributed by atoms with Gasteiger partial charge in [0.2, 0.25) is 0 Å². The van der Waals surface area contributed by atoms with Crippen LogP contribution < -0.4 is 0 Å². The summed E-state index contributed by atoms with van der Waals surface area (Å²) in [6.45, 7) is 2.13. The lowest BCUT2D eigenvalue weighted by Crippen LogP contribution is -2.05. The third-order valence-electron chi connectivity index (χ3n) is 2.83. The van der Waals surface area contributed by atoms with Crippen molar-refractivity contribution in [3.63, 3.8) is 0 Å². The summed E-state index contributed by atoms with van der Waals surface area (Å²) >= 11 is 0. The zero-order valence-electron chi connectivity index (χ0n) is 11.0. The zero-order valence-corrected chi connectivity index (χ0v) is 11.0. The Morgan fingerprint density at radius 3 is 1.79 bits per heavy atom. The van der Waals surface area contributed by atoms with Gasteiger partial charge in [0.15, 0.2) is 0 Å². The van der Waals surface area contributed by atoms with Gasteiger partial charge in [0.05, 0.1) is 5.71 Å². The minimum absolute atomic E-state index is 0.171. The standard InChI is InChI=1S/C17H17NO/c1-14(19)12-13-18-17(15-8-4-2-5-9-15)16-10-6-3-7-11-16/h2-11H,12-13H2,1H3.